The fraction of sp³-hybridized carbons (Fsp3) is 0.190. The highest BCUT2D eigenvalue weighted by Gasteiger charge is 2.32. The standard InChI is InChI=1S/C21H18FN3O4S/c1-28-15-7-4-12(8-16(15)29-10-17(23)26)14-9-18(27)24-20-19(25-30-21(14)20)11-2-5-13(22)6-3-11/h2-8,14H,9-10H2,1H3,(H2,23,26)(H,24,27)/t14-/m0/s1. The normalized spacial score (nSPS) is 15.3. The number of carbonyl (C=O) groups is 2. The lowest BCUT2D eigenvalue weighted by atomic mass is 9.89. The number of hydrogen-bond donors (Lipinski definition) is 2. The lowest BCUT2D eigenvalue weighted by Crippen LogP contribution is -2.23. The van der Waals surface area contributed by atoms with Gasteiger partial charge in [-0.1, -0.05) is 6.07 Å². The Balaban J connectivity index is 1.73. The van der Waals surface area contributed by atoms with Crippen molar-refractivity contribution in [3.05, 3.63) is 58.7 Å². The molecule has 9 heteroatoms. The number of ether oxygens (including phenoxy) is 2. The Morgan fingerprint density at radius 3 is 2.73 bits per heavy atom. The van der Waals surface area contributed by atoms with E-state index >= 15 is 0 Å². The van der Waals surface area contributed by atoms with E-state index in [1.807, 2.05) is 6.07 Å². The largest absolute Gasteiger partial charge is 0.493 e. The molecule has 0 unspecified atom stereocenters. The van der Waals surface area contributed by atoms with Crippen molar-refractivity contribution in [2.45, 2.75) is 12.3 Å². The molecule has 3 aromatic rings. The average molecular weight is 427 g/mol. The van der Waals surface area contributed by atoms with Gasteiger partial charge in [-0.25, -0.2) is 4.39 Å². The third kappa shape index (κ3) is 3.84. The minimum Gasteiger partial charge on any atom is -0.493 e. The predicted molar refractivity (Wildman–Crippen MR) is 110 cm³/mol. The van der Waals surface area contributed by atoms with Crippen LogP contribution >= 0.6 is 11.5 Å². The van der Waals surface area contributed by atoms with Crippen LogP contribution in [0.15, 0.2) is 42.5 Å². The van der Waals surface area contributed by atoms with Crippen molar-refractivity contribution in [3.8, 4) is 22.8 Å². The number of nitrogens with one attached hydrogen (secondary N) is 1. The van der Waals surface area contributed by atoms with Gasteiger partial charge in [-0.3, -0.25) is 9.59 Å². The molecule has 0 bridgehead atoms. The molecule has 1 atom stereocenters. The lowest BCUT2D eigenvalue weighted by molar-refractivity contribution is -0.120. The molecule has 1 aromatic heterocycles. The molecule has 4 rings (SSSR count). The first-order valence-corrected chi connectivity index (χ1v) is 9.88. The third-order valence-corrected chi connectivity index (χ3v) is 5.73. The number of methoxy groups -OCH3 is 1. The van der Waals surface area contributed by atoms with Crippen LogP contribution in [0.1, 0.15) is 22.8 Å². The number of halogens is 1. The van der Waals surface area contributed by atoms with Gasteiger partial charge in [0.1, 0.15) is 11.5 Å². The van der Waals surface area contributed by atoms with Crippen LogP contribution in [0, 0.1) is 5.82 Å². The van der Waals surface area contributed by atoms with Crippen molar-refractivity contribution >= 4 is 29.0 Å². The second-order valence-corrected chi connectivity index (χ2v) is 7.55. The van der Waals surface area contributed by atoms with E-state index in [9.17, 15) is 14.0 Å². The second-order valence-electron chi connectivity index (χ2n) is 6.75. The molecule has 0 saturated heterocycles. The molecule has 0 radical (unpaired) electrons. The highest BCUT2D eigenvalue weighted by Crippen LogP contribution is 2.46. The Morgan fingerprint density at radius 2 is 2.03 bits per heavy atom. The van der Waals surface area contributed by atoms with Crippen LogP contribution in [0.25, 0.3) is 11.3 Å². The minimum absolute atomic E-state index is 0.147. The number of benzene rings is 2. The molecule has 154 valence electrons. The van der Waals surface area contributed by atoms with Crippen molar-refractivity contribution in [3.63, 3.8) is 0 Å². The van der Waals surface area contributed by atoms with Gasteiger partial charge in [0.15, 0.2) is 18.1 Å². The van der Waals surface area contributed by atoms with Crippen LogP contribution in [-0.4, -0.2) is 29.9 Å². The van der Waals surface area contributed by atoms with Crippen molar-refractivity contribution in [2.24, 2.45) is 5.73 Å². The summed E-state index contributed by atoms with van der Waals surface area (Å²) in [4.78, 5) is 24.4. The first kappa shape index (κ1) is 19.8. The van der Waals surface area contributed by atoms with Crippen molar-refractivity contribution in [2.75, 3.05) is 19.0 Å². The maximum Gasteiger partial charge on any atom is 0.255 e. The first-order valence-electron chi connectivity index (χ1n) is 9.10. The van der Waals surface area contributed by atoms with Crippen molar-refractivity contribution in [1.82, 2.24) is 4.37 Å². The summed E-state index contributed by atoms with van der Waals surface area (Å²) in [5.74, 6) is -0.519. The second kappa shape index (κ2) is 8.11. The van der Waals surface area contributed by atoms with E-state index < -0.39 is 5.91 Å². The number of rotatable bonds is 6. The zero-order chi connectivity index (χ0) is 21.3. The molecule has 0 spiro atoms. The Kier molecular flexibility index (Phi) is 5.37. The summed E-state index contributed by atoms with van der Waals surface area (Å²) in [6.07, 6.45) is 0.236. The number of amides is 2. The Hall–Kier alpha value is -3.46. The van der Waals surface area contributed by atoms with Gasteiger partial charge < -0.3 is 20.5 Å². The number of aromatic nitrogens is 1. The Labute approximate surface area is 175 Å². The number of primary amides is 1. The summed E-state index contributed by atoms with van der Waals surface area (Å²) in [5, 5.41) is 2.90. The first-order chi connectivity index (χ1) is 14.5. The van der Waals surface area contributed by atoms with Crippen LogP contribution in [-0.2, 0) is 9.59 Å². The van der Waals surface area contributed by atoms with Crippen molar-refractivity contribution in [1.29, 1.82) is 0 Å². The molecule has 0 fully saturated rings. The number of nitrogens with two attached hydrogens (primary N) is 1. The number of anilines is 1. The van der Waals surface area contributed by atoms with E-state index in [-0.39, 0.29) is 30.7 Å². The van der Waals surface area contributed by atoms with E-state index in [1.54, 1.807) is 24.3 Å². The van der Waals surface area contributed by atoms with Gasteiger partial charge in [-0.15, -0.1) is 0 Å². The summed E-state index contributed by atoms with van der Waals surface area (Å²) >= 11 is 1.29. The Bertz CT molecular complexity index is 1110. The summed E-state index contributed by atoms with van der Waals surface area (Å²) in [6, 6.07) is 11.3. The molecule has 30 heavy (non-hydrogen) atoms. The molecule has 2 heterocycles. The third-order valence-electron chi connectivity index (χ3n) is 4.77. The highest BCUT2D eigenvalue weighted by atomic mass is 32.1. The number of hydrogen-bond acceptors (Lipinski definition) is 6. The van der Waals surface area contributed by atoms with Crippen molar-refractivity contribution < 1.29 is 23.5 Å². The smallest absolute Gasteiger partial charge is 0.255 e. The van der Waals surface area contributed by atoms with Gasteiger partial charge in [0.2, 0.25) is 5.91 Å². The van der Waals surface area contributed by atoms with Crippen LogP contribution in [0.5, 0.6) is 11.5 Å². The highest BCUT2D eigenvalue weighted by molar-refractivity contribution is 7.07. The summed E-state index contributed by atoms with van der Waals surface area (Å²) in [7, 11) is 1.50. The van der Waals surface area contributed by atoms with E-state index in [2.05, 4.69) is 9.69 Å². The minimum atomic E-state index is -0.604. The van der Waals surface area contributed by atoms with E-state index in [1.165, 1.54) is 30.8 Å². The topological polar surface area (TPSA) is 104 Å². The van der Waals surface area contributed by atoms with Gasteiger partial charge in [-0.2, -0.15) is 4.37 Å². The maximum atomic E-state index is 13.3. The molecular formula is C21H18FN3O4S. The van der Waals surface area contributed by atoms with Gasteiger partial charge in [0.25, 0.3) is 5.91 Å². The fourth-order valence-electron chi connectivity index (χ4n) is 3.38. The lowest BCUT2D eigenvalue weighted by Gasteiger charge is -2.23. The summed E-state index contributed by atoms with van der Waals surface area (Å²) in [6.45, 7) is -0.286. The molecule has 0 saturated carbocycles. The molecular weight excluding hydrogens is 409 g/mol. The summed E-state index contributed by atoms with van der Waals surface area (Å²) < 4.78 is 28.6. The average Bonchev–Trinajstić information content (AvgIpc) is 3.15. The monoisotopic (exact) mass is 427 g/mol. The molecule has 2 aromatic carbocycles. The molecule has 1 aliphatic heterocycles. The van der Waals surface area contributed by atoms with Gasteiger partial charge in [0.05, 0.1) is 17.7 Å². The summed E-state index contributed by atoms with van der Waals surface area (Å²) in [5.41, 5.74) is 7.94. The molecule has 3 N–H and O–H groups in total. The van der Waals surface area contributed by atoms with Gasteiger partial charge in [-0.05, 0) is 53.5 Å². The van der Waals surface area contributed by atoms with Crippen LogP contribution in [0.3, 0.4) is 0 Å². The molecule has 7 nitrogen and oxygen atoms in total. The van der Waals surface area contributed by atoms with Gasteiger partial charge >= 0.3 is 0 Å². The van der Waals surface area contributed by atoms with Gasteiger partial charge in [0, 0.05) is 17.9 Å². The molecule has 1 aliphatic rings. The van der Waals surface area contributed by atoms with E-state index in [4.69, 9.17) is 15.2 Å². The number of carbonyl (C=O) groups excluding carboxylic acids is 2. The van der Waals surface area contributed by atoms with Crippen LogP contribution < -0.4 is 20.5 Å². The Morgan fingerprint density at radius 1 is 1.27 bits per heavy atom. The maximum absolute atomic E-state index is 13.3. The quantitative estimate of drug-likeness (QED) is 0.628. The SMILES string of the molecule is COc1ccc([C@@H]2CC(=O)Nc3c(-c4ccc(F)cc4)nsc32)cc1OCC(N)=O. The molecule has 2 amide bonds. The number of nitrogens with zero attached hydrogens (tertiary/aromatic N) is 1. The number of fused-ring (bicyclic) bond motifs is 1. The van der Waals surface area contributed by atoms with Crippen LogP contribution in [0.4, 0.5) is 10.1 Å². The zero-order valence-electron chi connectivity index (χ0n) is 16.0. The zero-order valence-corrected chi connectivity index (χ0v) is 16.8. The van der Waals surface area contributed by atoms with Crippen LogP contribution in [0.2, 0.25) is 0 Å². The molecule has 0 aliphatic carbocycles. The van der Waals surface area contributed by atoms with E-state index in [0.717, 1.165) is 16.0 Å². The predicted octanol–water partition coefficient (Wildman–Crippen LogP) is 3.30. The van der Waals surface area contributed by atoms with E-state index in [0.29, 0.717) is 22.9 Å². The fourth-order valence-corrected chi connectivity index (χ4v) is 4.35.